The Morgan fingerprint density at radius 2 is 1.05 bits per heavy atom. The second kappa shape index (κ2) is 12.0. The molecule has 4 heteroatoms. The third-order valence-electron chi connectivity index (χ3n) is 8.84. The minimum absolute atomic E-state index is 0.0429. The van der Waals surface area contributed by atoms with Crippen LogP contribution in [0.5, 0.6) is 0 Å². The third kappa shape index (κ3) is 7.12. The quantitative estimate of drug-likeness (QED) is 0.240. The molecule has 0 saturated carbocycles. The zero-order valence-corrected chi connectivity index (χ0v) is 29.4. The average molecular weight is 583 g/mol. The van der Waals surface area contributed by atoms with Crippen LogP contribution in [0.4, 0.5) is 0 Å². The van der Waals surface area contributed by atoms with Crippen LogP contribution in [0.1, 0.15) is 173 Å². The molecule has 2 aromatic carbocycles. The van der Waals surface area contributed by atoms with Crippen LogP contribution in [0, 0.1) is 0 Å². The van der Waals surface area contributed by atoms with E-state index in [1.165, 1.54) is 52.6 Å². The van der Waals surface area contributed by atoms with Gasteiger partial charge in [0, 0.05) is 0 Å². The maximum Gasteiger partial charge on any atom is 0.328 e. The van der Waals surface area contributed by atoms with Gasteiger partial charge in [-0.2, -0.15) is 0 Å². The molecule has 0 spiro atoms. The summed E-state index contributed by atoms with van der Waals surface area (Å²) in [6.07, 6.45) is 7.23. The Hall–Kier alpha value is -1.25. The van der Waals surface area contributed by atoms with Crippen LogP contribution in [-0.2, 0) is 38.2 Å². The van der Waals surface area contributed by atoms with E-state index in [0.717, 1.165) is 30.4 Å². The first-order chi connectivity index (χ1) is 18.7. The monoisotopic (exact) mass is 582 g/mol. The third-order valence-corrected chi connectivity index (χ3v) is 9.31. The summed E-state index contributed by atoms with van der Waals surface area (Å²) in [4.78, 5) is 21.4. The van der Waals surface area contributed by atoms with Crippen molar-refractivity contribution in [3.63, 3.8) is 0 Å². The standard InChI is InChI=1S/C37H59O3P/c1-14-15-16-17-18-23-37(40-41(38)39)29-21-19-27(33(2,3)4)25(31(29)35(8,9)10)24-26-28(34(5,6)7)20-22-30(37)32(26)36(11,12)13/h19-22,38-39H,14-18,23-24H2,1-13H3. The van der Waals surface area contributed by atoms with Gasteiger partial charge in [-0.25, -0.2) is 0 Å². The molecule has 3 rings (SSSR count). The van der Waals surface area contributed by atoms with Crippen molar-refractivity contribution in [2.45, 2.75) is 162 Å². The van der Waals surface area contributed by atoms with Crippen molar-refractivity contribution in [2.24, 2.45) is 0 Å². The highest BCUT2D eigenvalue weighted by Crippen LogP contribution is 2.56. The molecular weight excluding hydrogens is 523 g/mol. The molecule has 230 valence electrons. The van der Waals surface area contributed by atoms with Crippen LogP contribution in [0.3, 0.4) is 0 Å². The van der Waals surface area contributed by atoms with E-state index in [1.807, 2.05) is 0 Å². The number of hydrogen-bond acceptors (Lipinski definition) is 3. The average Bonchev–Trinajstić information content (AvgIpc) is 2.78. The number of fused-ring (bicyclic) bond motifs is 4. The number of hydrogen-bond donors (Lipinski definition) is 2. The molecule has 0 heterocycles. The van der Waals surface area contributed by atoms with Gasteiger partial charge in [0.05, 0.1) is 0 Å². The Morgan fingerprint density at radius 3 is 1.39 bits per heavy atom. The fraction of sp³-hybridized carbons (Fsp3) is 0.676. The van der Waals surface area contributed by atoms with Crippen LogP contribution in [0.2, 0.25) is 0 Å². The molecule has 0 aliphatic heterocycles. The maximum atomic E-state index is 10.7. The van der Waals surface area contributed by atoms with E-state index in [2.05, 4.69) is 114 Å². The molecule has 0 radical (unpaired) electrons. The van der Waals surface area contributed by atoms with Gasteiger partial charge in [0.1, 0.15) is 5.60 Å². The Bertz CT molecular complexity index is 1130. The molecule has 1 aliphatic carbocycles. The molecule has 0 amide bonds. The van der Waals surface area contributed by atoms with Crippen molar-refractivity contribution < 1.29 is 14.3 Å². The van der Waals surface area contributed by atoms with E-state index in [9.17, 15) is 9.79 Å². The lowest BCUT2D eigenvalue weighted by atomic mass is 9.62. The van der Waals surface area contributed by atoms with E-state index in [4.69, 9.17) is 4.52 Å². The summed E-state index contributed by atoms with van der Waals surface area (Å²) in [5, 5.41) is 0. The van der Waals surface area contributed by atoms with Crippen molar-refractivity contribution in [1.29, 1.82) is 0 Å². The molecule has 41 heavy (non-hydrogen) atoms. The normalized spacial score (nSPS) is 15.7. The van der Waals surface area contributed by atoms with Gasteiger partial charge in [0.2, 0.25) is 0 Å². The molecule has 1 aliphatic rings. The van der Waals surface area contributed by atoms with E-state index >= 15 is 0 Å². The van der Waals surface area contributed by atoms with Gasteiger partial charge < -0.3 is 9.79 Å². The van der Waals surface area contributed by atoms with Crippen LogP contribution in [0.25, 0.3) is 0 Å². The second-order valence-electron chi connectivity index (χ2n) is 16.5. The predicted molar refractivity (Wildman–Crippen MR) is 177 cm³/mol. The summed E-state index contributed by atoms with van der Waals surface area (Å²) in [5.41, 5.74) is 8.95. The van der Waals surface area contributed by atoms with Crippen LogP contribution in [-0.4, -0.2) is 9.79 Å². The van der Waals surface area contributed by atoms with Gasteiger partial charge in [-0.1, -0.05) is 140 Å². The van der Waals surface area contributed by atoms with Crippen LogP contribution >= 0.6 is 8.60 Å². The van der Waals surface area contributed by atoms with Gasteiger partial charge in [0.25, 0.3) is 0 Å². The largest absolute Gasteiger partial charge is 0.328 e. The van der Waals surface area contributed by atoms with Gasteiger partial charge in [-0.3, -0.25) is 4.52 Å². The smallest absolute Gasteiger partial charge is 0.328 e. The zero-order chi connectivity index (χ0) is 31.2. The Kier molecular flexibility index (Phi) is 10.0. The number of unbranched alkanes of at least 4 members (excludes halogenated alkanes) is 4. The molecule has 3 nitrogen and oxygen atoms in total. The summed E-state index contributed by atoms with van der Waals surface area (Å²) < 4.78 is 6.60. The SMILES string of the molecule is CCCCCCCC1(OP(O)O)c2ccc(C(C)(C)C)c(c2C(C)(C)C)Cc2c(C(C)(C)C)ccc1c2C(C)(C)C. The predicted octanol–water partition coefficient (Wildman–Crippen LogP) is 10.6. The molecule has 2 N–H and O–H groups in total. The Morgan fingerprint density at radius 1 is 0.634 bits per heavy atom. The molecule has 0 atom stereocenters. The fourth-order valence-electron chi connectivity index (χ4n) is 7.31. The summed E-state index contributed by atoms with van der Waals surface area (Å²) >= 11 is 0. The van der Waals surface area contributed by atoms with Crippen LogP contribution in [0.15, 0.2) is 24.3 Å². The minimum atomic E-state index is -2.61. The Labute approximate surface area is 253 Å². The van der Waals surface area contributed by atoms with Crippen molar-refractivity contribution in [2.75, 3.05) is 0 Å². The number of benzene rings is 2. The summed E-state index contributed by atoms with van der Waals surface area (Å²) in [6, 6.07) is 9.16. The first-order valence-electron chi connectivity index (χ1n) is 15.9. The molecule has 0 fully saturated rings. The van der Waals surface area contributed by atoms with E-state index in [1.54, 1.807) is 0 Å². The van der Waals surface area contributed by atoms with Crippen molar-refractivity contribution in [1.82, 2.24) is 0 Å². The first-order valence-corrected chi connectivity index (χ1v) is 17.0. The second-order valence-corrected chi connectivity index (χ2v) is 17.2. The summed E-state index contributed by atoms with van der Waals surface area (Å²) in [6.45, 7) is 30.0. The van der Waals surface area contributed by atoms with Gasteiger partial charge >= 0.3 is 8.60 Å². The van der Waals surface area contributed by atoms with Crippen LogP contribution < -0.4 is 0 Å². The Balaban J connectivity index is 2.61. The maximum absolute atomic E-state index is 10.7. The molecule has 0 aromatic heterocycles. The first kappa shape index (κ1) is 34.2. The molecule has 0 saturated heterocycles. The lowest BCUT2D eigenvalue weighted by molar-refractivity contribution is 0.0749. The highest BCUT2D eigenvalue weighted by atomic mass is 31.2. The topological polar surface area (TPSA) is 49.7 Å². The van der Waals surface area contributed by atoms with Crippen molar-refractivity contribution in [3.05, 3.63) is 68.8 Å². The summed E-state index contributed by atoms with van der Waals surface area (Å²) in [5.74, 6) is 0. The highest BCUT2D eigenvalue weighted by molar-refractivity contribution is 7.39. The van der Waals surface area contributed by atoms with Crippen molar-refractivity contribution >= 4 is 8.60 Å². The highest BCUT2D eigenvalue weighted by Gasteiger charge is 2.47. The van der Waals surface area contributed by atoms with Gasteiger partial charge in [-0.15, -0.1) is 0 Å². The zero-order valence-electron chi connectivity index (χ0n) is 28.5. The van der Waals surface area contributed by atoms with Gasteiger partial charge in [0.15, 0.2) is 0 Å². The summed E-state index contributed by atoms with van der Waals surface area (Å²) in [7, 11) is -2.61. The molecule has 4 bridgehead atoms. The number of rotatable bonds is 8. The minimum Gasteiger partial charge on any atom is -0.328 e. The lowest BCUT2D eigenvalue weighted by Crippen LogP contribution is -2.40. The van der Waals surface area contributed by atoms with Crippen molar-refractivity contribution in [3.8, 4) is 0 Å². The lowest BCUT2D eigenvalue weighted by Gasteiger charge is -2.46. The fourth-order valence-corrected chi connectivity index (χ4v) is 7.87. The van der Waals surface area contributed by atoms with E-state index in [-0.39, 0.29) is 21.7 Å². The van der Waals surface area contributed by atoms with E-state index < -0.39 is 14.2 Å². The molecular formula is C37H59O3P. The van der Waals surface area contributed by atoms with E-state index in [0.29, 0.717) is 6.42 Å². The molecule has 0 unspecified atom stereocenters. The van der Waals surface area contributed by atoms with Gasteiger partial charge in [-0.05, 0) is 85.4 Å². The molecule has 2 aromatic rings.